The molecule has 1 amide bonds. The molecule has 0 atom stereocenters. The van der Waals surface area contributed by atoms with E-state index in [0.29, 0.717) is 36.9 Å². The Hall–Kier alpha value is -4.24. The lowest BCUT2D eigenvalue weighted by atomic mass is 10.1. The smallest absolute Gasteiger partial charge is 0.272 e. The summed E-state index contributed by atoms with van der Waals surface area (Å²) in [4.78, 5) is 28.3. The highest BCUT2D eigenvalue weighted by molar-refractivity contribution is 6.33. The standard InChI is InChI=1S/C26H21ClFN5O3/c27-21-9-2-4-11-24(21)30-12-14-31(15-13-30)26(34)25-17-23(20-8-1-3-10-22(20)28)29-32(25)18-6-5-7-19(16-18)33(35)36/h1-11,16-17H,12-15H2. The van der Waals surface area contributed by atoms with Crippen molar-refractivity contribution in [2.45, 2.75) is 0 Å². The average Bonchev–Trinajstić information content (AvgIpc) is 3.34. The van der Waals surface area contributed by atoms with E-state index in [4.69, 9.17) is 11.6 Å². The second kappa shape index (κ2) is 9.79. The predicted octanol–water partition coefficient (Wildman–Crippen LogP) is 5.20. The van der Waals surface area contributed by atoms with Crippen LogP contribution in [0.25, 0.3) is 16.9 Å². The first-order valence-electron chi connectivity index (χ1n) is 11.3. The van der Waals surface area contributed by atoms with E-state index in [9.17, 15) is 19.3 Å². The zero-order chi connectivity index (χ0) is 25.2. The summed E-state index contributed by atoms with van der Waals surface area (Å²) >= 11 is 6.34. The first-order valence-corrected chi connectivity index (χ1v) is 11.7. The number of hydrogen-bond donors (Lipinski definition) is 0. The van der Waals surface area contributed by atoms with Gasteiger partial charge >= 0.3 is 0 Å². The van der Waals surface area contributed by atoms with Crippen LogP contribution in [0.5, 0.6) is 0 Å². The number of anilines is 1. The maximum atomic E-state index is 14.5. The van der Waals surface area contributed by atoms with Crippen molar-refractivity contribution in [3.8, 4) is 16.9 Å². The monoisotopic (exact) mass is 505 g/mol. The molecule has 36 heavy (non-hydrogen) atoms. The van der Waals surface area contributed by atoms with E-state index in [1.54, 1.807) is 29.2 Å². The minimum atomic E-state index is -0.514. The molecule has 3 aromatic carbocycles. The lowest BCUT2D eigenvalue weighted by Crippen LogP contribution is -2.49. The number of carbonyl (C=O) groups excluding carboxylic acids is 1. The molecule has 1 aromatic heterocycles. The molecule has 5 rings (SSSR count). The van der Waals surface area contributed by atoms with Gasteiger partial charge < -0.3 is 9.80 Å². The number of piperazine rings is 1. The molecule has 0 aliphatic carbocycles. The number of nitro groups is 1. The van der Waals surface area contributed by atoms with Crippen molar-refractivity contribution in [1.82, 2.24) is 14.7 Å². The number of aromatic nitrogens is 2. The van der Waals surface area contributed by atoms with Gasteiger partial charge in [-0.15, -0.1) is 0 Å². The second-order valence-corrected chi connectivity index (χ2v) is 8.72. The van der Waals surface area contributed by atoms with Crippen molar-refractivity contribution >= 4 is 28.9 Å². The third-order valence-corrected chi connectivity index (χ3v) is 6.44. The van der Waals surface area contributed by atoms with Crippen LogP contribution < -0.4 is 4.90 Å². The summed E-state index contributed by atoms with van der Waals surface area (Å²) in [6.07, 6.45) is 0. The number of hydrogen-bond acceptors (Lipinski definition) is 5. The van der Waals surface area contributed by atoms with E-state index >= 15 is 0 Å². The summed E-state index contributed by atoms with van der Waals surface area (Å²) in [5.74, 6) is -0.774. The van der Waals surface area contributed by atoms with E-state index < -0.39 is 10.7 Å². The Morgan fingerprint density at radius 3 is 2.39 bits per heavy atom. The van der Waals surface area contributed by atoms with Crippen LogP contribution in [-0.2, 0) is 0 Å². The van der Waals surface area contributed by atoms with Crippen LogP contribution in [0.3, 0.4) is 0 Å². The quantitative estimate of drug-likeness (QED) is 0.275. The predicted molar refractivity (Wildman–Crippen MR) is 135 cm³/mol. The fraction of sp³-hybridized carbons (Fsp3) is 0.154. The maximum absolute atomic E-state index is 14.5. The van der Waals surface area contributed by atoms with Gasteiger partial charge in [-0.2, -0.15) is 5.10 Å². The van der Waals surface area contributed by atoms with E-state index in [2.05, 4.69) is 10.00 Å². The molecular weight excluding hydrogens is 485 g/mol. The molecule has 1 aliphatic rings. The van der Waals surface area contributed by atoms with Gasteiger partial charge in [-0.1, -0.05) is 41.9 Å². The van der Waals surface area contributed by atoms with Crippen molar-refractivity contribution in [3.63, 3.8) is 0 Å². The van der Waals surface area contributed by atoms with Crippen molar-refractivity contribution in [1.29, 1.82) is 0 Å². The van der Waals surface area contributed by atoms with E-state index in [0.717, 1.165) is 5.69 Å². The Labute approximate surface area is 211 Å². The van der Waals surface area contributed by atoms with Gasteiger partial charge in [0.25, 0.3) is 11.6 Å². The molecular formula is C26H21ClFN5O3. The van der Waals surface area contributed by atoms with Crippen LogP contribution in [0.15, 0.2) is 78.9 Å². The molecule has 4 aromatic rings. The summed E-state index contributed by atoms with van der Waals surface area (Å²) in [6.45, 7) is 2.06. The Morgan fingerprint density at radius 2 is 1.67 bits per heavy atom. The third-order valence-electron chi connectivity index (χ3n) is 6.12. The number of amides is 1. The van der Waals surface area contributed by atoms with Gasteiger partial charge in [0, 0.05) is 43.9 Å². The molecule has 182 valence electrons. The molecule has 0 radical (unpaired) electrons. The van der Waals surface area contributed by atoms with E-state index in [1.807, 2.05) is 24.3 Å². The normalized spacial score (nSPS) is 13.6. The number of para-hydroxylation sites is 1. The molecule has 1 aliphatic heterocycles. The number of non-ortho nitro benzene ring substituents is 1. The number of nitro benzene ring substituents is 1. The van der Waals surface area contributed by atoms with Gasteiger partial charge in [0.05, 0.1) is 27.0 Å². The van der Waals surface area contributed by atoms with Crippen LogP contribution >= 0.6 is 11.6 Å². The second-order valence-electron chi connectivity index (χ2n) is 8.31. The average molecular weight is 506 g/mol. The Kier molecular flexibility index (Phi) is 6.39. The van der Waals surface area contributed by atoms with Gasteiger partial charge in [-0.05, 0) is 36.4 Å². The SMILES string of the molecule is O=C(c1cc(-c2ccccc2F)nn1-c1cccc([N+](=O)[O-])c1)N1CCN(c2ccccc2Cl)CC1. The van der Waals surface area contributed by atoms with Gasteiger partial charge in [-0.3, -0.25) is 14.9 Å². The Bertz CT molecular complexity index is 1450. The highest BCUT2D eigenvalue weighted by Crippen LogP contribution is 2.28. The molecule has 10 heteroatoms. The summed E-state index contributed by atoms with van der Waals surface area (Å²) in [7, 11) is 0. The molecule has 0 N–H and O–H groups in total. The first-order chi connectivity index (χ1) is 17.4. The summed E-state index contributed by atoms with van der Waals surface area (Å²) < 4.78 is 15.9. The molecule has 0 saturated carbocycles. The van der Waals surface area contributed by atoms with E-state index in [-0.39, 0.29) is 28.5 Å². The summed E-state index contributed by atoms with van der Waals surface area (Å²) in [6, 6.07) is 21.1. The highest BCUT2D eigenvalue weighted by atomic mass is 35.5. The Morgan fingerprint density at radius 1 is 0.944 bits per heavy atom. The number of halogens is 2. The summed E-state index contributed by atoms with van der Waals surface area (Å²) in [5.41, 5.74) is 1.80. The molecule has 0 bridgehead atoms. The highest BCUT2D eigenvalue weighted by Gasteiger charge is 2.27. The molecule has 2 heterocycles. The number of nitrogens with zero attached hydrogens (tertiary/aromatic N) is 5. The zero-order valence-corrected chi connectivity index (χ0v) is 19.8. The summed E-state index contributed by atoms with van der Waals surface area (Å²) in [5, 5.41) is 16.5. The fourth-order valence-electron chi connectivity index (χ4n) is 4.29. The van der Waals surface area contributed by atoms with Crippen molar-refractivity contribution in [2.24, 2.45) is 0 Å². The molecule has 1 fully saturated rings. The number of benzene rings is 3. The third kappa shape index (κ3) is 4.52. The fourth-order valence-corrected chi connectivity index (χ4v) is 4.55. The first kappa shape index (κ1) is 23.5. The van der Waals surface area contributed by atoms with Gasteiger partial charge in [0.1, 0.15) is 11.5 Å². The largest absolute Gasteiger partial charge is 0.367 e. The molecule has 8 nitrogen and oxygen atoms in total. The lowest BCUT2D eigenvalue weighted by molar-refractivity contribution is -0.384. The minimum Gasteiger partial charge on any atom is -0.367 e. The van der Waals surface area contributed by atoms with E-state index in [1.165, 1.54) is 35.0 Å². The van der Waals surface area contributed by atoms with Gasteiger partial charge in [0.2, 0.25) is 0 Å². The molecule has 0 unspecified atom stereocenters. The van der Waals surface area contributed by atoms with Crippen molar-refractivity contribution in [3.05, 3.63) is 106 Å². The minimum absolute atomic E-state index is 0.137. The van der Waals surface area contributed by atoms with Crippen LogP contribution in [-0.4, -0.2) is 51.7 Å². The number of carbonyl (C=O) groups is 1. The van der Waals surface area contributed by atoms with Crippen LogP contribution in [0.1, 0.15) is 10.5 Å². The van der Waals surface area contributed by atoms with Crippen LogP contribution in [0, 0.1) is 15.9 Å². The lowest BCUT2D eigenvalue weighted by Gasteiger charge is -2.36. The van der Waals surface area contributed by atoms with Crippen molar-refractivity contribution < 1.29 is 14.1 Å². The zero-order valence-electron chi connectivity index (χ0n) is 19.1. The van der Waals surface area contributed by atoms with Gasteiger partial charge in [-0.25, -0.2) is 9.07 Å². The van der Waals surface area contributed by atoms with Crippen LogP contribution in [0.4, 0.5) is 15.8 Å². The number of rotatable bonds is 5. The van der Waals surface area contributed by atoms with Crippen molar-refractivity contribution in [2.75, 3.05) is 31.1 Å². The van der Waals surface area contributed by atoms with Gasteiger partial charge in [0.15, 0.2) is 0 Å². The topological polar surface area (TPSA) is 84.5 Å². The molecule has 1 saturated heterocycles. The molecule has 0 spiro atoms. The maximum Gasteiger partial charge on any atom is 0.272 e. The van der Waals surface area contributed by atoms with Crippen LogP contribution in [0.2, 0.25) is 5.02 Å². The Balaban J connectivity index is 1.48.